The monoisotopic (exact) mass is 220 g/mol. The molecular formula is C13H20N2O. The summed E-state index contributed by atoms with van der Waals surface area (Å²) in [6.45, 7) is 4.73. The molecular weight excluding hydrogens is 200 g/mol. The summed E-state index contributed by atoms with van der Waals surface area (Å²) in [6, 6.07) is 7.51. The minimum absolute atomic E-state index is 0.0475. The van der Waals surface area contributed by atoms with Crippen LogP contribution in [0.4, 0.5) is 5.69 Å². The number of rotatable bonds is 5. The van der Waals surface area contributed by atoms with Crippen molar-refractivity contribution >= 4 is 11.6 Å². The molecule has 1 aromatic rings. The fourth-order valence-electron chi connectivity index (χ4n) is 1.59. The Kier molecular flexibility index (Phi) is 4.83. The van der Waals surface area contributed by atoms with E-state index in [2.05, 4.69) is 12.2 Å². The van der Waals surface area contributed by atoms with E-state index in [9.17, 15) is 4.79 Å². The van der Waals surface area contributed by atoms with Gasteiger partial charge in [0, 0.05) is 12.2 Å². The van der Waals surface area contributed by atoms with Gasteiger partial charge in [-0.3, -0.25) is 4.79 Å². The Bertz CT molecular complexity index is 350. The highest BCUT2D eigenvalue weighted by Gasteiger charge is 2.16. The quantitative estimate of drug-likeness (QED) is 0.591. The zero-order valence-corrected chi connectivity index (χ0v) is 9.99. The predicted molar refractivity (Wildman–Crippen MR) is 67.2 cm³/mol. The van der Waals surface area contributed by atoms with E-state index in [0.29, 0.717) is 5.69 Å². The number of benzene rings is 1. The van der Waals surface area contributed by atoms with Crippen molar-refractivity contribution in [2.24, 2.45) is 0 Å². The zero-order valence-electron chi connectivity index (χ0n) is 9.99. The highest BCUT2D eigenvalue weighted by Crippen LogP contribution is 2.21. The Labute approximate surface area is 97.0 Å². The van der Waals surface area contributed by atoms with Gasteiger partial charge in [-0.15, -0.1) is 0 Å². The average molecular weight is 220 g/mol. The predicted octanol–water partition coefficient (Wildman–Crippen LogP) is 2.29. The lowest BCUT2D eigenvalue weighted by Gasteiger charge is -2.14. The molecule has 1 aromatic carbocycles. The topological polar surface area (TPSA) is 55.1 Å². The number of carbonyl (C=O) groups excluding carboxylic acids is 1. The zero-order chi connectivity index (χ0) is 12.0. The SMILES string of the molecule is CCCCNC(=O)C(C)c1ccccc1N. The Balaban J connectivity index is 2.60. The van der Waals surface area contributed by atoms with E-state index in [1.807, 2.05) is 31.2 Å². The molecule has 3 heteroatoms. The van der Waals surface area contributed by atoms with Crippen LogP contribution in [-0.2, 0) is 4.79 Å². The third-order valence-corrected chi connectivity index (χ3v) is 2.69. The largest absolute Gasteiger partial charge is 0.398 e. The van der Waals surface area contributed by atoms with Gasteiger partial charge in [0.25, 0.3) is 0 Å². The lowest BCUT2D eigenvalue weighted by atomic mass is 9.98. The molecule has 0 fully saturated rings. The van der Waals surface area contributed by atoms with Gasteiger partial charge in [0.15, 0.2) is 0 Å². The molecule has 0 aliphatic heterocycles. The van der Waals surface area contributed by atoms with Crippen LogP contribution in [-0.4, -0.2) is 12.5 Å². The Morgan fingerprint density at radius 2 is 2.12 bits per heavy atom. The molecule has 0 saturated carbocycles. The molecule has 0 radical (unpaired) electrons. The molecule has 0 aliphatic carbocycles. The summed E-state index contributed by atoms with van der Waals surface area (Å²) >= 11 is 0. The van der Waals surface area contributed by atoms with Crippen LogP contribution in [0.3, 0.4) is 0 Å². The number of nitrogens with two attached hydrogens (primary N) is 1. The number of anilines is 1. The van der Waals surface area contributed by atoms with Crippen molar-refractivity contribution in [2.75, 3.05) is 12.3 Å². The van der Waals surface area contributed by atoms with E-state index in [0.717, 1.165) is 24.9 Å². The smallest absolute Gasteiger partial charge is 0.227 e. The second kappa shape index (κ2) is 6.16. The van der Waals surface area contributed by atoms with Crippen molar-refractivity contribution in [3.63, 3.8) is 0 Å². The number of hydrogen-bond donors (Lipinski definition) is 2. The summed E-state index contributed by atoms with van der Waals surface area (Å²) in [5, 5.41) is 2.91. The maximum atomic E-state index is 11.8. The fourth-order valence-corrected chi connectivity index (χ4v) is 1.59. The molecule has 0 bridgehead atoms. The Morgan fingerprint density at radius 3 is 2.75 bits per heavy atom. The molecule has 1 unspecified atom stereocenters. The molecule has 0 spiro atoms. The van der Waals surface area contributed by atoms with Gasteiger partial charge in [0.1, 0.15) is 0 Å². The number of nitrogens with one attached hydrogen (secondary N) is 1. The summed E-state index contributed by atoms with van der Waals surface area (Å²) in [6.07, 6.45) is 2.10. The summed E-state index contributed by atoms with van der Waals surface area (Å²) in [5.41, 5.74) is 7.41. The van der Waals surface area contributed by atoms with Gasteiger partial charge in [-0.05, 0) is 25.0 Å². The van der Waals surface area contributed by atoms with E-state index in [1.54, 1.807) is 0 Å². The van der Waals surface area contributed by atoms with Crippen LogP contribution in [0.5, 0.6) is 0 Å². The minimum atomic E-state index is -0.182. The van der Waals surface area contributed by atoms with Gasteiger partial charge >= 0.3 is 0 Å². The molecule has 1 atom stereocenters. The molecule has 1 amide bonds. The van der Waals surface area contributed by atoms with E-state index >= 15 is 0 Å². The molecule has 3 N–H and O–H groups in total. The first-order chi connectivity index (χ1) is 7.66. The van der Waals surface area contributed by atoms with Crippen LogP contribution >= 0.6 is 0 Å². The van der Waals surface area contributed by atoms with E-state index in [1.165, 1.54) is 0 Å². The normalized spacial score (nSPS) is 12.1. The number of para-hydroxylation sites is 1. The third-order valence-electron chi connectivity index (χ3n) is 2.69. The van der Waals surface area contributed by atoms with E-state index in [-0.39, 0.29) is 11.8 Å². The molecule has 0 aromatic heterocycles. The number of unbranched alkanes of at least 4 members (excludes halogenated alkanes) is 1. The molecule has 16 heavy (non-hydrogen) atoms. The van der Waals surface area contributed by atoms with Crippen LogP contribution in [0.25, 0.3) is 0 Å². The van der Waals surface area contributed by atoms with Crippen LogP contribution in [0.1, 0.15) is 38.2 Å². The fraction of sp³-hybridized carbons (Fsp3) is 0.462. The molecule has 1 rings (SSSR count). The van der Waals surface area contributed by atoms with Gasteiger partial charge < -0.3 is 11.1 Å². The molecule has 3 nitrogen and oxygen atoms in total. The number of amides is 1. The van der Waals surface area contributed by atoms with Gasteiger partial charge in [-0.25, -0.2) is 0 Å². The van der Waals surface area contributed by atoms with Crippen LogP contribution in [0, 0.1) is 0 Å². The molecule has 88 valence electrons. The van der Waals surface area contributed by atoms with Crippen molar-refractivity contribution in [2.45, 2.75) is 32.6 Å². The second-order valence-electron chi connectivity index (χ2n) is 4.00. The van der Waals surface area contributed by atoms with Gasteiger partial charge in [-0.1, -0.05) is 31.5 Å². The standard InChI is InChI=1S/C13H20N2O/c1-3-4-9-15-13(16)10(2)11-7-5-6-8-12(11)14/h5-8,10H,3-4,9,14H2,1-2H3,(H,15,16). The third kappa shape index (κ3) is 3.26. The maximum Gasteiger partial charge on any atom is 0.227 e. The number of hydrogen-bond acceptors (Lipinski definition) is 2. The van der Waals surface area contributed by atoms with Gasteiger partial charge in [0.05, 0.1) is 5.92 Å². The van der Waals surface area contributed by atoms with Crippen molar-refractivity contribution in [1.29, 1.82) is 0 Å². The summed E-state index contributed by atoms with van der Waals surface area (Å²) in [4.78, 5) is 11.8. The highest BCUT2D eigenvalue weighted by atomic mass is 16.1. The van der Waals surface area contributed by atoms with Crippen LogP contribution in [0.2, 0.25) is 0 Å². The van der Waals surface area contributed by atoms with Crippen LogP contribution < -0.4 is 11.1 Å². The molecule has 0 aliphatic rings. The van der Waals surface area contributed by atoms with E-state index < -0.39 is 0 Å². The highest BCUT2D eigenvalue weighted by molar-refractivity contribution is 5.84. The van der Waals surface area contributed by atoms with E-state index in [4.69, 9.17) is 5.73 Å². The van der Waals surface area contributed by atoms with Crippen molar-refractivity contribution in [3.8, 4) is 0 Å². The Hall–Kier alpha value is -1.51. The Morgan fingerprint density at radius 1 is 1.44 bits per heavy atom. The molecule has 0 saturated heterocycles. The van der Waals surface area contributed by atoms with Crippen LogP contribution in [0.15, 0.2) is 24.3 Å². The number of carbonyl (C=O) groups is 1. The first-order valence-corrected chi connectivity index (χ1v) is 5.79. The average Bonchev–Trinajstić information content (AvgIpc) is 2.29. The first kappa shape index (κ1) is 12.6. The second-order valence-corrected chi connectivity index (χ2v) is 4.00. The van der Waals surface area contributed by atoms with Gasteiger partial charge in [-0.2, -0.15) is 0 Å². The van der Waals surface area contributed by atoms with Crippen molar-refractivity contribution < 1.29 is 4.79 Å². The maximum absolute atomic E-state index is 11.8. The first-order valence-electron chi connectivity index (χ1n) is 5.79. The minimum Gasteiger partial charge on any atom is -0.398 e. The summed E-state index contributed by atoms with van der Waals surface area (Å²) < 4.78 is 0. The van der Waals surface area contributed by atoms with Gasteiger partial charge in [0.2, 0.25) is 5.91 Å². The lowest BCUT2D eigenvalue weighted by Crippen LogP contribution is -2.29. The lowest BCUT2D eigenvalue weighted by molar-refractivity contribution is -0.122. The van der Waals surface area contributed by atoms with Crippen molar-refractivity contribution in [3.05, 3.63) is 29.8 Å². The van der Waals surface area contributed by atoms with Crippen molar-refractivity contribution in [1.82, 2.24) is 5.32 Å². The summed E-state index contributed by atoms with van der Waals surface area (Å²) in [5.74, 6) is -0.135. The molecule has 0 heterocycles. The summed E-state index contributed by atoms with van der Waals surface area (Å²) in [7, 11) is 0. The number of nitrogen functional groups attached to an aromatic ring is 1.